The van der Waals surface area contributed by atoms with Crippen LogP contribution < -0.4 is 5.32 Å². The van der Waals surface area contributed by atoms with Gasteiger partial charge in [0.05, 0.1) is 19.6 Å². The van der Waals surface area contributed by atoms with Crippen LogP contribution in [0.15, 0.2) is 11.5 Å². The Balaban J connectivity index is 4.82. The number of hydrogen-bond donors (Lipinski definition) is 1. The molecule has 0 saturated carbocycles. The highest BCUT2D eigenvalue weighted by Gasteiger charge is 2.20. The van der Waals surface area contributed by atoms with Gasteiger partial charge in [0.2, 0.25) is 0 Å². The molecule has 0 spiro atoms. The lowest BCUT2D eigenvalue weighted by molar-refractivity contribution is -0.140. The van der Waals surface area contributed by atoms with E-state index in [0.717, 1.165) is 11.7 Å². The van der Waals surface area contributed by atoms with E-state index in [1.54, 1.807) is 20.8 Å². The smallest absolute Gasteiger partial charge is 0.408 e. The summed E-state index contributed by atoms with van der Waals surface area (Å²) in [4.78, 5) is 22.8. The highest BCUT2D eigenvalue weighted by atomic mass is 32.2. The van der Waals surface area contributed by atoms with Crippen LogP contribution in [0.2, 0.25) is 0 Å². The molecule has 0 bridgehead atoms. The van der Waals surface area contributed by atoms with E-state index in [0.29, 0.717) is 0 Å². The van der Waals surface area contributed by atoms with Crippen LogP contribution >= 0.6 is 0 Å². The summed E-state index contributed by atoms with van der Waals surface area (Å²) in [7, 11) is -2.16. The van der Waals surface area contributed by atoms with E-state index >= 15 is 0 Å². The summed E-state index contributed by atoms with van der Waals surface area (Å²) >= 11 is 0. The fourth-order valence-electron chi connectivity index (χ4n) is 1.13. The van der Waals surface area contributed by atoms with E-state index in [4.69, 9.17) is 4.74 Å². The van der Waals surface area contributed by atoms with Gasteiger partial charge in [-0.25, -0.2) is 13.2 Å². The van der Waals surface area contributed by atoms with Gasteiger partial charge < -0.3 is 14.8 Å². The molecule has 0 unspecified atom stereocenters. The van der Waals surface area contributed by atoms with Gasteiger partial charge in [0.1, 0.15) is 5.60 Å². The number of rotatable bonds is 5. The van der Waals surface area contributed by atoms with Gasteiger partial charge >= 0.3 is 12.1 Å². The molecule has 8 heteroatoms. The minimum Gasteiger partial charge on any atom is -0.469 e. The summed E-state index contributed by atoms with van der Waals surface area (Å²) in [5.74, 6) is -0.579. The molecule has 0 aliphatic heterocycles. The van der Waals surface area contributed by atoms with Crippen LogP contribution in [0.3, 0.4) is 0 Å². The zero-order chi connectivity index (χ0) is 16.0. The lowest BCUT2D eigenvalue weighted by Crippen LogP contribution is -2.39. The second kappa shape index (κ2) is 7.28. The summed E-state index contributed by atoms with van der Waals surface area (Å²) in [5.41, 5.74) is -0.694. The van der Waals surface area contributed by atoms with Crippen molar-refractivity contribution in [1.82, 2.24) is 5.32 Å². The van der Waals surface area contributed by atoms with Gasteiger partial charge in [-0.2, -0.15) is 0 Å². The number of hydrogen-bond acceptors (Lipinski definition) is 6. The number of methoxy groups -OCH3 is 1. The lowest BCUT2D eigenvalue weighted by atomic mass is 10.2. The average Bonchev–Trinajstić information content (AvgIpc) is 2.21. The van der Waals surface area contributed by atoms with Gasteiger partial charge in [0.15, 0.2) is 9.84 Å². The summed E-state index contributed by atoms with van der Waals surface area (Å²) in [6.07, 6.45) is 1.27. The Hall–Kier alpha value is -1.57. The first-order valence-electron chi connectivity index (χ1n) is 5.87. The molecule has 0 fully saturated rings. The van der Waals surface area contributed by atoms with E-state index < -0.39 is 33.5 Å². The van der Waals surface area contributed by atoms with Crippen molar-refractivity contribution >= 4 is 21.9 Å². The molecule has 116 valence electrons. The second-order valence-electron chi connectivity index (χ2n) is 5.19. The van der Waals surface area contributed by atoms with E-state index in [-0.39, 0.29) is 6.42 Å². The summed E-state index contributed by atoms with van der Waals surface area (Å²) in [6, 6.07) is -0.827. The van der Waals surface area contributed by atoms with Crippen molar-refractivity contribution in [3.05, 3.63) is 11.5 Å². The van der Waals surface area contributed by atoms with Crippen LogP contribution in [0.25, 0.3) is 0 Å². The minimum atomic E-state index is -3.36. The third kappa shape index (κ3) is 10.4. The fraction of sp³-hybridized carbons (Fsp3) is 0.667. The van der Waals surface area contributed by atoms with Gasteiger partial charge in [-0.3, -0.25) is 4.79 Å². The Morgan fingerprint density at radius 2 is 1.85 bits per heavy atom. The Morgan fingerprint density at radius 3 is 2.25 bits per heavy atom. The molecule has 20 heavy (non-hydrogen) atoms. The third-order valence-electron chi connectivity index (χ3n) is 1.87. The van der Waals surface area contributed by atoms with Crippen LogP contribution in [0.4, 0.5) is 4.79 Å². The quantitative estimate of drug-likeness (QED) is 0.761. The van der Waals surface area contributed by atoms with Crippen LogP contribution in [-0.2, 0) is 24.1 Å². The number of esters is 1. The predicted octanol–water partition coefficient (Wildman–Crippen LogP) is 1.00. The van der Waals surface area contributed by atoms with Gasteiger partial charge in [0.25, 0.3) is 0 Å². The Morgan fingerprint density at radius 1 is 1.30 bits per heavy atom. The highest BCUT2D eigenvalue weighted by molar-refractivity contribution is 7.93. The number of ether oxygens (including phenoxy) is 2. The largest absolute Gasteiger partial charge is 0.469 e. The molecule has 0 aromatic carbocycles. The molecule has 0 saturated heterocycles. The van der Waals surface area contributed by atoms with Crippen molar-refractivity contribution < 1.29 is 27.5 Å². The van der Waals surface area contributed by atoms with Crippen LogP contribution in [0, 0.1) is 0 Å². The second-order valence-corrected chi connectivity index (χ2v) is 7.12. The number of carbonyl (C=O) groups excluding carboxylic acids is 2. The SMILES string of the molecule is COC(=O)C[C@@H](C=CS(C)(=O)=O)NC(=O)OC(C)(C)C. The first-order valence-corrected chi connectivity index (χ1v) is 7.83. The number of sulfone groups is 1. The van der Waals surface area contributed by atoms with Crippen LogP contribution in [-0.4, -0.2) is 45.5 Å². The molecule has 1 amide bonds. The zero-order valence-corrected chi connectivity index (χ0v) is 13.1. The standard InChI is InChI=1S/C12H21NO6S/c1-12(2,3)19-11(15)13-9(8-10(14)18-4)6-7-20(5,16)17/h6-7,9H,8H2,1-5H3,(H,13,15)/t9-/m1/s1. The molecule has 0 aromatic heterocycles. The summed E-state index contributed by atoms with van der Waals surface area (Å²) in [5, 5.41) is 3.31. The Labute approximate surface area is 119 Å². The topological polar surface area (TPSA) is 98.8 Å². The maximum absolute atomic E-state index is 11.6. The molecular formula is C12H21NO6S. The minimum absolute atomic E-state index is 0.193. The van der Waals surface area contributed by atoms with Crippen molar-refractivity contribution in [1.29, 1.82) is 0 Å². The monoisotopic (exact) mass is 307 g/mol. The number of carbonyl (C=O) groups is 2. The number of nitrogens with one attached hydrogen (secondary N) is 1. The Kier molecular flexibility index (Phi) is 6.70. The number of amides is 1. The van der Waals surface area contributed by atoms with E-state index in [2.05, 4.69) is 10.1 Å². The van der Waals surface area contributed by atoms with Crippen molar-refractivity contribution in [2.75, 3.05) is 13.4 Å². The first kappa shape index (κ1) is 18.4. The zero-order valence-electron chi connectivity index (χ0n) is 12.3. The normalized spacial score (nSPS) is 13.8. The first-order chi connectivity index (χ1) is 8.93. The molecule has 0 rings (SSSR count). The third-order valence-corrected chi connectivity index (χ3v) is 2.53. The molecular weight excluding hydrogens is 286 g/mol. The van der Waals surface area contributed by atoms with Crippen molar-refractivity contribution in [2.45, 2.75) is 38.8 Å². The summed E-state index contributed by atoms with van der Waals surface area (Å²) < 4.78 is 31.6. The fourth-order valence-corrected chi connectivity index (χ4v) is 1.60. The molecule has 1 atom stereocenters. The number of alkyl carbamates (subject to hydrolysis) is 1. The lowest BCUT2D eigenvalue weighted by Gasteiger charge is -2.21. The maximum atomic E-state index is 11.6. The molecule has 0 radical (unpaired) electrons. The van der Waals surface area contributed by atoms with E-state index in [1.807, 2.05) is 0 Å². The molecule has 0 aliphatic carbocycles. The summed E-state index contributed by atoms with van der Waals surface area (Å²) in [6.45, 7) is 5.07. The highest BCUT2D eigenvalue weighted by Crippen LogP contribution is 2.08. The van der Waals surface area contributed by atoms with Crippen molar-refractivity contribution in [2.24, 2.45) is 0 Å². The van der Waals surface area contributed by atoms with Crippen molar-refractivity contribution in [3.63, 3.8) is 0 Å². The van der Waals surface area contributed by atoms with Gasteiger partial charge in [-0.05, 0) is 20.8 Å². The molecule has 0 heterocycles. The maximum Gasteiger partial charge on any atom is 0.408 e. The van der Waals surface area contributed by atoms with Gasteiger partial charge in [-0.15, -0.1) is 0 Å². The average molecular weight is 307 g/mol. The van der Waals surface area contributed by atoms with E-state index in [9.17, 15) is 18.0 Å². The predicted molar refractivity (Wildman–Crippen MR) is 73.8 cm³/mol. The van der Waals surface area contributed by atoms with Crippen LogP contribution in [0.1, 0.15) is 27.2 Å². The van der Waals surface area contributed by atoms with Crippen molar-refractivity contribution in [3.8, 4) is 0 Å². The molecule has 7 nitrogen and oxygen atoms in total. The van der Waals surface area contributed by atoms with Crippen LogP contribution in [0.5, 0.6) is 0 Å². The molecule has 0 aliphatic rings. The molecule has 1 N–H and O–H groups in total. The Bertz CT molecular complexity index is 475. The van der Waals surface area contributed by atoms with Gasteiger partial charge in [0, 0.05) is 11.7 Å². The molecule has 0 aromatic rings. The van der Waals surface area contributed by atoms with E-state index in [1.165, 1.54) is 13.2 Å². The van der Waals surface area contributed by atoms with Gasteiger partial charge in [-0.1, -0.05) is 6.08 Å².